The number of nitrogen functional groups attached to an aromatic ring is 1. The predicted molar refractivity (Wildman–Crippen MR) is 59.8 cm³/mol. The molecular formula is C11H17N3. The third-order valence-electron chi connectivity index (χ3n) is 2.07. The van der Waals surface area contributed by atoms with Crippen molar-refractivity contribution in [3.63, 3.8) is 0 Å². The fraction of sp³-hybridized carbons (Fsp3) is 0.364. The third-order valence-corrected chi connectivity index (χ3v) is 2.07. The van der Waals surface area contributed by atoms with E-state index in [1.54, 1.807) is 6.20 Å². The number of likely N-dealkylation sites (N-methyl/N-ethyl adjacent to an activating group) is 1. The highest BCUT2D eigenvalue weighted by Gasteiger charge is 2.01. The molecule has 0 aliphatic carbocycles. The van der Waals surface area contributed by atoms with E-state index in [0.717, 1.165) is 25.3 Å². The van der Waals surface area contributed by atoms with Gasteiger partial charge in [-0.25, -0.2) is 0 Å². The van der Waals surface area contributed by atoms with Crippen molar-refractivity contribution < 1.29 is 0 Å². The first-order valence-corrected chi connectivity index (χ1v) is 4.80. The molecule has 0 fully saturated rings. The lowest BCUT2D eigenvalue weighted by molar-refractivity contribution is 0.307. The van der Waals surface area contributed by atoms with Gasteiger partial charge in [0, 0.05) is 13.1 Å². The monoisotopic (exact) mass is 191 g/mol. The molecule has 0 amide bonds. The maximum atomic E-state index is 5.56. The van der Waals surface area contributed by atoms with Gasteiger partial charge in [0.05, 0.1) is 17.6 Å². The topological polar surface area (TPSA) is 42.1 Å². The van der Waals surface area contributed by atoms with Gasteiger partial charge < -0.3 is 5.73 Å². The Morgan fingerprint density at radius 3 is 2.86 bits per heavy atom. The lowest BCUT2D eigenvalue weighted by atomic mass is 10.3. The van der Waals surface area contributed by atoms with Crippen LogP contribution in [0.15, 0.2) is 31.0 Å². The number of nitrogens with zero attached hydrogens (tertiary/aromatic N) is 2. The summed E-state index contributed by atoms with van der Waals surface area (Å²) in [5, 5.41) is 0. The van der Waals surface area contributed by atoms with Crippen LogP contribution in [-0.2, 0) is 6.54 Å². The molecule has 0 aliphatic heterocycles. The molecule has 0 bridgehead atoms. The minimum atomic E-state index is 0.709. The highest BCUT2D eigenvalue weighted by Crippen LogP contribution is 2.04. The van der Waals surface area contributed by atoms with E-state index in [1.165, 1.54) is 0 Å². The first-order chi connectivity index (χ1) is 6.76. The van der Waals surface area contributed by atoms with Gasteiger partial charge in [-0.15, -0.1) is 6.58 Å². The summed E-state index contributed by atoms with van der Waals surface area (Å²) in [4.78, 5) is 6.50. The predicted octanol–water partition coefficient (Wildman–Crippen LogP) is 1.67. The van der Waals surface area contributed by atoms with Crippen LogP contribution in [-0.4, -0.2) is 23.0 Å². The van der Waals surface area contributed by atoms with E-state index >= 15 is 0 Å². The van der Waals surface area contributed by atoms with Crippen LogP contribution in [0.2, 0.25) is 0 Å². The molecule has 0 aliphatic rings. The average Bonchev–Trinajstić information content (AvgIpc) is 2.20. The fourth-order valence-corrected chi connectivity index (χ4v) is 1.25. The Morgan fingerprint density at radius 1 is 1.57 bits per heavy atom. The van der Waals surface area contributed by atoms with Crippen LogP contribution in [0.5, 0.6) is 0 Å². The van der Waals surface area contributed by atoms with Gasteiger partial charge in [-0.05, 0) is 18.7 Å². The maximum Gasteiger partial charge on any atom is 0.0545 e. The molecule has 0 radical (unpaired) electrons. The van der Waals surface area contributed by atoms with Crippen molar-refractivity contribution in [2.45, 2.75) is 13.5 Å². The zero-order chi connectivity index (χ0) is 10.4. The largest absolute Gasteiger partial charge is 0.397 e. The molecule has 0 saturated heterocycles. The minimum Gasteiger partial charge on any atom is -0.397 e. The summed E-state index contributed by atoms with van der Waals surface area (Å²) in [5.74, 6) is 0. The summed E-state index contributed by atoms with van der Waals surface area (Å²) >= 11 is 0. The van der Waals surface area contributed by atoms with Crippen LogP contribution in [0.1, 0.15) is 12.6 Å². The Morgan fingerprint density at radius 2 is 2.36 bits per heavy atom. The summed E-state index contributed by atoms with van der Waals surface area (Å²) < 4.78 is 0. The highest BCUT2D eigenvalue weighted by atomic mass is 15.1. The molecule has 0 unspecified atom stereocenters. The van der Waals surface area contributed by atoms with Gasteiger partial charge in [-0.3, -0.25) is 9.88 Å². The lowest BCUT2D eigenvalue weighted by Gasteiger charge is -2.17. The second-order valence-corrected chi connectivity index (χ2v) is 3.20. The van der Waals surface area contributed by atoms with E-state index in [-0.39, 0.29) is 0 Å². The number of aromatic nitrogens is 1. The molecule has 1 heterocycles. The summed E-state index contributed by atoms with van der Waals surface area (Å²) in [6.07, 6.45) is 3.60. The average molecular weight is 191 g/mol. The number of nitrogens with two attached hydrogens (primary N) is 1. The zero-order valence-corrected chi connectivity index (χ0v) is 8.61. The Bertz CT molecular complexity index is 279. The SMILES string of the molecule is C=CCN(CC)Cc1ccc(N)cn1. The zero-order valence-electron chi connectivity index (χ0n) is 8.61. The molecule has 14 heavy (non-hydrogen) atoms. The van der Waals surface area contributed by atoms with Crippen molar-refractivity contribution in [1.29, 1.82) is 0 Å². The van der Waals surface area contributed by atoms with Crippen molar-refractivity contribution in [3.05, 3.63) is 36.7 Å². The quantitative estimate of drug-likeness (QED) is 0.720. The lowest BCUT2D eigenvalue weighted by Crippen LogP contribution is -2.23. The van der Waals surface area contributed by atoms with E-state index in [0.29, 0.717) is 5.69 Å². The van der Waals surface area contributed by atoms with Crippen LogP contribution in [0, 0.1) is 0 Å². The molecule has 3 heteroatoms. The van der Waals surface area contributed by atoms with E-state index in [4.69, 9.17) is 5.73 Å². The van der Waals surface area contributed by atoms with Gasteiger partial charge in [0.25, 0.3) is 0 Å². The van der Waals surface area contributed by atoms with Gasteiger partial charge in [-0.2, -0.15) is 0 Å². The van der Waals surface area contributed by atoms with Crippen molar-refractivity contribution in [2.24, 2.45) is 0 Å². The molecule has 2 N–H and O–H groups in total. The summed E-state index contributed by atoms with van der Waals surface area (Å²) in [6, 6.07) is 3.84. The van der Waals surface area contributed by atoms with Crippen molar-refractivity contribution in [2.75, 3.05) is 18.8 Å². The van der Waals surface area contributed by atoms with Gasteiger partial charge in [0.1, 0.15) is 0 Å². The van der Waals surface area contributed by atoms with E-state index < -0.39 is 0 Å². The first-order valence-electron chi connectivity index (χ1n) is 4.80. The number of anilines is 1. The maximum absolute atomic E-state index is 5.56. The van der Waals surface area contributed by atoms with Crippen LogP contribution in [0.3, 0.4) is 0 Å². The molecule has 3 nitrogen and oxygen atoms in total. The highest BCUT2D eigenvalue weighted by molar-refractivity contribution is 5.34. The minimum absolute atomic E-state index is 0.709. The molecule has 0 aromatic carbocycles. The molecule has 0 saturated carbocycles. The Kier molecular flexibility index (Phi) is 4.13. The normalized spacial score (nSPS) is 10.4. The van der Waals surface area contributed by atoms with E-state index in [2.05, 4.69) is 23.4 Å². The third kappa shape index (κ3) is 3.18. The standard InChI is InChI=1S/C11H17N3/c1-3-7-14(4-2)9-11-6-5-10(12)8-13-11/h3,5-6,8H,1,4,7,9,12H2,2H3. The second-order valence-electron chi connectivity index (χ2n) is 3.20. The first kappa shape index (κ1) is 10.7. The molecule has 0 atom stereocenters. The van der Waals surface area contributed by atoms with Gasteiger partial charge >= 0.3 is 0 Å². The molecule has 0 spiro atoms. The van der Waals surface area contributed by atoms with E-state index in [1.807, 2.05) is 18.2 Å². The Labute approximate surface area is 85.3 Å². The number of hydrogen-bond donors (Lipinski definition) is 1. The number of hydrogen-bond acceptors (Lipinski definition) is 3. The molecular weight excluding hydrogens is 174 g/mol. The second kappa shape index (κ2) is 5.40. The van der Waals surface area contributed by atoms with Gasteiger partial charge in [0.15, 0.2) is 0 Å². The summed E-state index contributed by atoms with van der Waals surface area (Å²) in [7, 11) is 0. The molecule has 1 aromatic heterocycles. The number of pyridine rings is 1. The summed E-state index contributed by atoms with van der Waals surface area (Å²) in [5.41, 5.74) is 7.31. The Hall–Kier alpha value is -1.35. The Balaban J connectivity index is 2.57. The summed E-state index contributed by atoms with van der Waals surface area (Å²) in [6.45, 7) is 8.59. The number of rotatable bonds is 5. The van der Waals surface area contributed by atoms with Crippen LogP contribution in [0.4, 0.5) is 5.69 Å². The van der Waals surface area contributed by atoms with Crippen LogP contribution < -0.4 is 5.73 Å². The van der Waals surface area contributed by atoms with Gasteiger partial charge in [0.2, 0.25) is 0 Å². The molecule has 76 valence electrons. The smallest absolute Gasteiger partial charge is 0.0545 e. The van der Waals surface area contributed by atoms with Crippen molar-refractivity contribution in [3.8, 4) is 0 Å². The van der Waals surface area contributed by atoms with Crippen molar-refractivity contribution in [1.82, 2.24) is 9.88 Å². The van der Waals surface area contributed by atoms with Crippen LogP contribution in [0.25, 0.3) is 0 Å². The van der Waals surface area contributed by atoms with E-state index in [9.17, 15) is 0 Å². The molecule has 1 rings (SSSR count). The molecule has 1 aromatic rings. The fourth-order valence-electron chi connectivity index (χ4n) is 1.25. The van der Waals surface area contributed by atoms with Crippen LogP contribution >= 0.6 is 0 Å². The van der Waals surface area contributed by atoms with Gasteiger partial charge in [-0.1, -0.05) is 13.0 Å². The van der Waals surface area contributed by atoms with Crippen molar-refractivity contribution >= 4 is 5.69 Å².